The van der Waals surface area contributed by atoms with Crippen molar-refractivity contribution < 1.29 is 78.0 Å². The van der Waals surface area contributed by atoms with Crippen LogP contribution in [0.15, 0.2) is 24.3 Å². The van der Waals surface area contributed by atoms with Crippen molar-refractivity contribution in [2.75, 3.05) is 99.4 Å². The van der Waals surface area contributed by atoms with Crippen molar-refractivity contribution in [2.24, 2.45) is 11.8 Å². The fourth-order valence-electron chi connectivity index (χ4n) is 7.75. The number of nitrogens with zero attached hydrogens (tertiary/aromatic N) is 4. The van der Waals surface area contributed by atoms with E-state index < -0.39 is 41.2 Å². The average Bonchev–Trinajstić information content (AvgIpc) is 3.22. The lowest BCUT2D eigenvalue weighted by Gasteiger charge is -2.47. The molecule has 3 fully saturated rings. The molecule has 3 aliphatic rings. The Kier molecular flexibility index (Phi) is 22.5. The van der Waals surface area contributed by atoms with Crippen molar-refractivity contribution >= 4 is 12.2 Å². The van der Waals surface area contributed by atoms with Crippen LogP contribution in [0.3, 0.4) is 0 Å². The highest BCUT2D eigenvalue weighted by Gasteiger charge is 2.44. The smallest absolute Gasteiger partial charge is 0.449 e. The highest BCUT2D eigenvalue weighted by atomic mass is 17.1. The molecule has 7 unspecified atom stereocenters. The zero-order valence-electron chi connectivity index (χ0n) is 34.7. The van der Waals surface area contributed by atoms with E-state index in [2.05, 4.69) is 21.5 Å². The molecule has 0 aromatic heterocycles. The second-order valence-corrected chi connectivity index (χ2v) is 15.1. The summed E-state index contributed by atoms with van der Waals surface area (Å²) in [7, 11) is 1.71. The van der Waals surface area contributed by atoms with Crippen molar-refractivity contribution in [1.29, 1.82) is 0 Å². The number of likely N-dealkylation sites (tertiary alicyclic amines) is 1. The molecule has 4 rings (SSSR count). The molecule has 338 valence electrons. The number of carbonyl (C=O) groups is 2. The van der Waals surface area contributed by atoms with Gasteiger partial charge < -0.3 is 42.8 Å². The Balaban J connectivity index is 1.52. The van der Waals surface area contributed by atoms with Crippen molar-refractivity contribution in [3.8, 4) is 0 Å². The van der Waals surface area contributed by atoms with Crippen molar-refractivity contribution in [3.63, 3.8) is 0 Å². The van der Waals surface area contributed by atoms with E-state index in [9.17, 15) is 9.59 Å². The van der Waals surface area contributed by atoms with Gasteiger partial charge in [0, 0.05) is 64.8 Å². The Morgan fingerprint density at radius 1 is 0.881 bits per heavy atom. The molecule has 1 aromatic carbocycles. The van der Waals surface area contributed by atoms with Crippen LogP contribution in [0.25, 0.3) is 0 Å². The van der Waals surface area contributed by atoms with E-state index in [4.69, 9.17) is 58.7 Å². The molecule has 4 N–H and O–H groups in total. The predicted octanol–water partition coefficient (Wildman–Crippen LogP) is 4.03. The summed E-state index contributed by atoms with van der Waals surface area (Å²) >= 11 is 0. The summed E-state index contributed by atoms with van der Waals surface area (Å²) in [6.07, 6.45) is 0.934. The number of hydrogen-bond donors (Lipinski definition) is 4. The van der Waals surface area contributed by atoms with Crippen LogP contribution in [-0.2, 0) is 54.2 Å². The molecule has 2 heterocycles. The van der Waals surface area contributed by atoms with Gasteiger partial charge in [-0.3, -0.25) is 35.4 Å². The fraction of sp³-hybridized carbons (Fsp3) is 0.795. The Hall–Kier alpha value is -2.80. The normalized spacial score (nSPS) is 24.3. The van der Waals surface area contributed by atoms with Crippen molar-refractivity contribution in [3.05, 3.63) is 35.4 Å². The van der Waals surface area contributed by atoms with Gasteiger partial charge in [0.2, 0.25) is 0 Å². The number of ether oxygens (including phenoxy) is 8. The van der Waals surface area contributed by atoms with Gasteiger partial charge in [0.1, 0.15) is 6.10 Å². The number of morpholine rings is 1. The van der Waals surface area contributed by atoms with Crippen LogP contribution in [0.4, 0.5) is 9.59 Å². The van der Waals surface area contributed by atoms with Gasteiger partial charge in [0.25, 0.3) is 0 Å². The molecule has 2 saturated heterocycles. The summed E-state index contributed by atoms with van der Waals surface area (Å²) in [5.74, 6) is -0.0530. The van der Waals surface area contributed by atoms with Gasteiger partial charge >= 0.3 is 12.2 Å². The first-order valence-electron chi connectivity index (χ1n) is 20.6. The van der Waals surface area contributed by atoms with Crippen LogP contribution in [0.5, 0.6) is 0 Å². The quantitative estimate of drug-likeness (QED) is 0.0587. The summed E-state index contributed by atoms with van der Waals surface area (Å²) < 4.78 is 46.5. The number of methoxy groups -OCH3 is 1. The fourth-order valence-corrected chi connectivity index (χ4v) is 7.75. The molecule has 1 aromatic rings. The zero-order chi connectivity index (χ0) is 42.4. The van der Waals surface area contributed by atoms with Gasteiger partial charge in [0.15, 0.2) is 0 Å². The molecule has 0 bridgehead atoms. The topological polar surface area (TPSA) is 220 Å². The Bertz CT molecular complexity index is 1320. The maximum atomic E-state index is 13.5. The summed E-state index contributed by atoms with van der Waals surface area (Å²) in [6.45, 7) is 9.48. The zero-order valence-corrected chi connectivity index (χ0v) is 34.7. The number of carbonyl (C=O) groups excluding carboxylic acids is 2. The Morgan fingerprint density at radius 3 is 2.27 bits per heavy atom. The molecule has 1 amide bonds. The summed E-state index contributed by atoms with van der Waals surface area (Å²) in [4.78, 5) is 39.7. The molecule has 0 spiro atoms. The minimum Gasteiger partial charge on any atom is -0.449 e. The van der Waals surface area contributed by atoms with Crippen molar-refractivity contribution in [1.82, 2.24) is 20.6 Å². The van der Waals surface area contributed by atoms with E-state index in [1.165, 1.54) is 4.90 Å². The first-order chi connectivity index (χ1) is 28.6. The number of piperidine rings is 1. The average molecular weight is 847 g/mol. The number of rotatable bonds is 26. The monoisotopic (exact) mass is 846 g/mol. The minimum atomic E-state index is -0.982. The maximum Gasteiger partial charge on any atom is 0.508 e. The highest BCUT2D eigenvalue weighted by molar-refractivity contribution is 5.68. The molecule has 20 heteroatoms. The predicted molar refractivity (Wildman–Crippen MR) is 204 cm³/mol. The summed E-state index contributed by atoms with van der Waals surface area (Å²) in [6, 6.07) is 8.10. The lowest BCUT2D eigenvalue weighted by molar-refractivity contribution is -0.493. The minimum absolute atomic E-state index is 0.0351. The molecular weight excluding hydrogens is 780 g/mol. The Morgan fingerprint density at radius 2 is 1.58 bits per heavy atom. The van der Waals surface area contributed by atoms with Gasteiger partial charge in [-0.15, -0.1) is 0 Å². The van der Waals surface area contributed by atoms with E-state index in [0.717, 1.165) is 49.9 Å². The summed E-state index contributed by atoms with van der Waals surface area (Å²) in [5, 5.41) is 34.3. The van der Waals surface area contributed by atoms with Gasteiger partial charge in [0.05, 0.1) is 94.9 Å². The van der Waals surface area contributed by atoms with Crippen LogP contribution in [-0.4, -0.2) is 177 Å². The van der Waals surface area contributed by atoms with Gasteiger partial charge in [-0.1, -0.05) is 31.2 Å². The van der Waals surface area contributed by atoms with E-state index in [1.807, 2.05) is 31.2 Å². The number of benzene rings is 1. The number of amides is 1. The highest BCUT2D eigenvalue weighted by Crippen LogP contribution is 2.37. The molecular formula is C39H66N4O16. The lowest BCUT2D eigenvalue weighted by atomic mass is 9.81. The standard InChI is InChI=1S/C39H66N4O16/c1-4-51-25-29(2)26-52-27-30-8-11-32(12-9-30)37-35(56-28-31-10-13-34-33(22-31)40(15-21-53-34)14-5-16-50-3)23-41(38(44)54-17-6-19-57-42(46)47)24-36(37)59-39(45)55-18-7-20-58-43(48)49/h8-9,11-12,29,31,33-37,46-49H,4-7,10,13-28H2,1-3H3. The van der Waals surface area contributed by atoms with Crippen LogP contribution in [0, 0.1) is 11.8 Å². The van der Waals surface area contributed by atoms with Crippen LogP contribution >= 0.6 is 0 Å². The third-order valence-electron chi connectivity index (χ3n) is 10.6. The third-order valence-corrected chi connectivity index (χ3v) is 10.6. The SMILES string of the molecule is CCOCC(C)COCc1ccc(C2C(OCC3CCC4OCCN(CCCOC)C4C3)CN(C(=O)OCCCON(O)O)CC2OC(=O)OCCCON(O)O)cc1. The second-order valence-electron chi connectivity index (χ2n) is 15.1. The van der Waals surface area contributed by atoms with E-state index >= 15 is 0 Å². The van der Waals surface area contributed by atoms with Crippen LogP contribution < -0.4 is 0 Å². The Labute approximate surface area is 346 Å². The molecule has 1 aliphatic carbocycles. The molecule has 7 atom stereocenters. The molecule has 20 nitrogen and oxygen atoms in total. The summed E-state index contributed by atoms with van der Waals surface area (Å²) in [5.41, 5.74) is 1.78. The molecule has 0 radical (unpaired) electrons. The van der Waals surface area contributed by atoms with E-state index in [-0.39, 0.29) is 76.3 Å². The lowest BCUT2D eigenvalue weighted by Crippen LogP contribution is -2.56. The second kappa shape index (κ2) is 27.2. The molecule has 2 aliphatic heterocycles. The van der Waals surface area contributed by atoms with Crippen molar-refractivity contribution in [2.45, 2.75) is 89.3 Å². The van der Waals surface area contributed by atoms with Crippen LogP contribution in [0.1, 0.15) is 69.4 Å². The first kappa shape index (κ1) is 48.9. The molecule has 59 heavy (non-hydrogen) atoms. The maximum absolute atomic E-state index is 13.5. The van der Waals surface area contributed by atoms with Gasteiger partial charge in [-0.25, -0.2) is 9.59 Å². The first-order valence-corrected chi connectivity index (χ1v) is 20.6. The van der Waals surface area contributed by atoms with Gasteiger partial charge in [-0.05, 0) is 49.7 Å². The largest absolute Gasteiger partial charge is 0.508 e. The van der Waals surface area contributed by atoms with Gasteiger partial charge in [-0.2, -0.15) is 0 Å². The number of fused-ring (bicyclic) bond motifs is 1. The van der Waals surface area contributed by atoms with E-state index in [0.29, 0.717) is 46.2 Å². The van der Waals surface area contributed by atoms with E-state index in [1.54, 1.807) is 7.11 Å². The molecule has 1 saturated carbocycles. The third kappa shape index (κ3) is 17.6. The van der Waals surface area contributed by atoms with Crippen LogP contribution in [0.2, 0.25) is 0 Å². The number of hydrogen-bond acceptors (Lipinski definition) is 19.